The first-order valence-electron chi connectivity index (χ1n) is 10.4. The monoisotopic (exact) mass is 581 g/mol. The molecule has 0 radical (unpaired) electrons. The molecular weight excluding hydrogens is 558 g/mol. The molecule has 0 aliphatic rings. The lowest BCUT2D eigenvalue weighted by Crippen LogP contribution is -2.38. The Morgan fingerprint density at radius 3 is 2.47 bits per heavy atom. The minimum Gasteiger partial charge on any atom is -0.284 e. The minimum absolute atomic E-state index is 0. The third-order valence-corrected chi connectivity index (χ3v) is 7.49. The van der Waals surface area contributed by atoms with E-state index in [2.05, 4.69) is 15.2 Å². The topological polar surface area (TPSA) is 85.6 Å². The highest BCUT2D eigenvalue weighted by molar-refractivity contribution is 7.99. The third-order valence-electron chi connectivity index (χ3n) is 5.13. The summed E-state index contributed by atoms with van der Waals surface area (Å²) in [6.07, 6.45) is -4.30. The standard InChI is InChI=1S/C22H22F3N5O2S2.2ClH/c1-11(2)10-30-19-16(18(31)29(4)21(30)32)17(34-20-26-12(3)27-28-20)15(33-19)9-13-6-5-7-14(8-13)22(23,24)25;;/h5-8,11H,9-10H2,1-4H3,(H,26,27,28);2*1H. The molecule has 0 bridgehead atoms. The van der Waals surface area contributed by atoms with Crippen molar-refractivity contribution >= 4 is 58.1 Å². The second-order valence-corrected chi connectivity index (χ2v) is 10.4. The summed E-state index contributed by atoms with van der Waals surface area (Å²) in [7, 11) is 1.43. The molecule has 0 amide bonds. The lowest BCUT2D eigenvalue weighted by molar-refractivity contribution is -0.137. The predicted octanol–water partition coefficient (Wildman–Crippen LogP) is 5.45. The molecule has 0 fully saturated rings. The summed E-state index contributed by atoms with van der Waals surface area (Å²) < 4.78 is 42.4. The molecule has 0 atom stereocenters. The highest BCUT2D eigenvalue weighted by Crippen LogP contribution is 2.40. The number of benzene rings is 1. The number of H-pyrrole nitrogens is 1. The molecule has 4 rings (SSSR count). The lowest BCUT2D eigenvalue weighted by atomic mass is 10.1. The highest BCUT2D eigenvalue weighted by atomic mass is 35.5. The largest absolute Gasteiger partial charge is 0.416 e. The van der Waals surface area contributed by atoms with E-state index in [1.807, 2.05) is 13.8 Å². The first kappa shape index (κ1) is 29.9. The predicted molar refractivity (Wildman–Crippen MR) is 140 cm³/mol. The van der Waals surface area contributed by atoms with E-state index in [0.29, 0.717) is 43.1 Å². The number of alkyl halides is 3. The fourth-order valence-electron chi connectivity index (χ4n) is 3.60. The number of aromatic nitrogens is 5. The van der Waals surface area contributed by atoms with Crippen LogP contribution in [0.4, 0.5) is 13.2 Å². The highest BCUT2D eigenvalue weighted by Gasteiger charge is 2.30. The van der Waals surface area contributed by atoms with Gasteiger partial charge in [-0.1, -0.05) is 32.0 Å². The molecule has 3 aromatic heterocycles. The number of fused-ring (bicyclic) bond motifs is 1. The number of hydrogen-bond acceptors (Lipinski definition) is 6. The maximum atomic E-state index is 13.3. The van der Waals surface area contributed by atoms with Gasteiger partial charge < -0.3 is 0 Å². The molecule has 7 nitrogen and oxygen atoms in total. The van der Waals surface area contributed by atoms with E-state index in [0.717, 1.165) is 28.5 Å². The lowest BCUT2D eigenvalue weighted by Gasteiger charge is -2.11. The van der Waals surface area contributed by atoms with Crippen molar-refractivity contribution < 1.29 is 13.2 Å². The van der Waals surface area contributed by atoms with Crippen molar-refractivity contribution in [2.24, 2.45) is 13.0 Å². The van der Waals surface area contributed by atoms with E-state index < -0.39 is 23.0 Å². The number of thiophene rings is 1. The number of aromatic amines is 1. The second-order valence-electron chi connectivity index (χ2n) is 8.37. The molecule has 0 spiro atoms. The van der Waals surface area contributed by atoms with Gasteiger partial charge in [-0.3, -0.25) is 19.0 Å². The van der Waals surface area contributed by atoms with Gasteiger partial charge in [0.2, 0.25) is 5.16 Å². The van der Waals surface area contributed by atoms with E-state index in [1.165, 1.54) is 24.5 Å². The van der Waals surface area contributed by atoms with Gasteiger partial charge in [-0.2, -0.15) is 13.2 Å². The van der Waals surface area contributed by atoms with Crippen LogP contribution >= 0.6 is 47.9 Å². The number of halogens is 5. The molecule has 196 valence electrons. The van der Waals surface area contributed by atoms with Crippen LogP contribution in [-0.2, 0) is 26.2 Å². The number of rotatable bonds is 6. The van der Waals surface area contributed by atoms with E-state index in [1.54, 1.807) is 17.6 Å². The minimum atomic E-state index is -4.46. The fourth-order valence-corrected chi connectivity index (χ4v) is 6.07. The van der Waals surface area contributed by atoms with Gasteiger partial charge in [-0.05, 0) is 36.2 Å². The van der Waals surface area contributed by atoms with Crippen LogP contribution in [0.2, 0.25) is 0 Å². The van der Waals surface area contributed by atoms with Gasteiger partial charge in [-0.15, -0.1) is 41.2 Å². The summed E-state index contributed by atoms with van der Waals surface area (Å²) in [6.45, 7) is 6.07. The SMILES string of the molecule is Cc1nc(Sc2c(Cc3cccc(C(F)(F)F)c3)sc3c2c(=O)n(C)c(=O)n3CC(C)C)n[nH]1.Cl.Cl. The Morgan fingerprint density at radius 1 is 1.19 bits per heavy atom. The molecule has 0 saturated carbocycles. The first-order chi connectivity index (χ1) is 16.0. The summed E-state index contributed by atoms with van der Waals surface area (Å²) in [5.41, 5.74) is -1.17. The molecule has 14 heteroatoms. The van der Waals surface area contributed by atoms with Crippen LogP contribution in [0.25, 0.3) is 10.2 Å². The van der Waals surface area contributed by atoms with Crippen LogP contribution in [0.1, 0.15) is 35.7 Å². The van der Waals surface area contributed by atoms with Crippen LogP contribution in [-0.4, -0.2) is 24.3 Å². The summed E-state index contributed by atoms with van der Waals surface area (Å²) >= 11 is 2.41. The smallest absolute Gasteiger partial charge is 0.284 e. The third kappa shape index (κ3) is 5.99. The van der Waals surface area contributed by atoms with Crippen molar-refractivity contribution in [2.75, 3.05) is 0 Å². The van der Waals surface area contributed by atoms with Gasteiger partial charge in [0.15, 0.2) is 0 Å². The zero-order chi connectivity index (χ0) is 24.8. The van der Waals surface area contributed by atoms with Crippen LogP contribution in [0, 0.1) is 12.8 Å². The Kier molecular flexibility index (Phi) is 9.49. The summed E-state index contributed by atoms with van der Waals surface area (Å²) in [4.78, 5) is 32.1. The first-order valence-corrected chi connectivity index (χ1v) is 12.1. The molecular formula is C22H24Cl2F3N5O2S2. The average Bonchev–Trinajstić information content (AvgIpc) is 3.33. The molecule has 0 unspecified atom stereocenters. The van der Waals surface area contributed by atoms with Crippen LogP contribution < -0.4 is 11.2 Å². The van der Waals surface area contributed by atoms with E-state index >= 15 is 0 Å². The Morgan fingerprint density at radius 2 is 1.89 bits per heavy atom. The van der Waals surface area contributed by atoms with Crippen LogP contribution in [0.5, 0.6) is 0 Å². The van der Waals surface area contributed by atoms with Crippen molar-refractivity contribution in [1.29, 1.82) is 0 Å². The van der Waals surface area contributed by atoms with Gasteiger partial charge >= 0.3 is 11.9 Å². The molecule has 0 aliphatic carbocycles. The molecule has 0 saturated heterocycles. The molecule has 36 heavy (non-hydrogen) atoms. The van der Waals surface area contributed by atoms with Crippen molar-refractivity contribution in [3.05, 3.63) is 66.9 Å². The number of nitrogens with zero attached hydrogens (tertiary/aromatic N) is 4. The van der Waals surface area contributed by atoms with Gasteiger partial charge in [0.1, 0.15) is 10.7 Å². The van der Waals surface area contributed by atoms with Gasteiger partial charge in [0, 0.05) is 29.8 Å². The van der Waals surface area contributed by atoms with Crippen molar-refractivity contribution in [3.63, 3.8) is 0 Å². The number of nitrogens with one attached hydrogen (secondary N) is 1. The number of aryl methyl sites for hydroxylation is 1. The Bertz CT molecular complexity index is 1490. The van der Waals surface area contributed by atoms with Crippen LogP contribution in [0.3, 0.4) is 0 Å². The Balaban J connectivity index is 0.00000228. The van der Waals surface area contributed by atoms with Crippen LogP contribution in [0.15, 0.2) is 43.9 Å². The van der Waals surface area contributed by atoms with Gasteiger partial charge in [-0.25, -0.2) is 9.78 Å². The van der Waals surface area contributed by atoms with Crippen molar-refractivity contribution in [2.45, 2.75) is 50.0 Å². The molecule has 3 heterocycles. The summed E-state index contributed by atoms with van der Waals surface area (Å²) in [6, 6.07) is 5.11. The normalized spacial score (nSPS) is 11.6. The quantitative estimate of drug-likeness (QED) is 0.327. The zero-order valence-electron chi connectivity index (χ0n) is 19.7. The fraction of sp³-hybridized carbons (Fsp3) is 0.364. The summed E-state index contributed by atoms with van der Waals surface area (Å²) in [5, 5.41) is 7.62. The number of hydrogen-bond donors (Lipinski definition) is 1. The second kappa shape index (κ2) is 11.4. The molecule has 1 N–H and O–H groups in total. The van der Waals surface area contributed by atoms with E-state index in [-0.39, 0.29) is 37.2 Å². The van der Waals surface area contributed by atoms with E-state index in [4.69, 9.17) is 0 Å². The zero-order valence-corrected chi connectivity index (χ0v) is 22.9. The Hall–Kier alpha value is -2.28. The maximum absolute atomic E-state index is 13.3. The van der Waals surface area contributed by atoms with Crippen molar-refractivity contribution in [1.82, 2.24) is 24.3 Å². The van der Waals surface area contributed by atoms with Gasteiger partial charge in [0.05, 0.1) is 10.9 Å². The van der Waals surface area contributed by atoms with Crippen molar-refractivity contribution in [3.8, 4) is 0 Å². The summed E-state index contributed by atoms with van der Waals surface area (Å²) in [5.74, 6) is 0.727. The average molecular weight is 583 g/mol. The Labute approximate surface area is 225 Å². The van der Waals surface area contributed by atoms with E-state index in [9.17, 15) is 22.8 Å². The molecule has 4 aromatic rings. The maximum Gasteiger partial charge on any atom is 0.416 e. The molecule has 0 aliphatic heterocycles. The van der Waals surface area contributed by atoms with Gasteiger partial charge in [0.25, 0.3) is 5.56 Å². The molecule has 1 aromatic carbocycles.